The second-order valence-electron chi connectivity index (χ2n) is 5.08. The molecule has 1 saturated heterocycles. The van der Waals surface area contributed by atoms with Crippen molar-refractivity contribution in [3.63, 3.8) is 0 Å². The van der Waals surface area contributed by atoms with Crippen molar-refractivity contribution >= 4 is 5.91 Å². The Hall–Kier alpha value is -1.90. The molecule has 2 N–H and O–H groups in total. The van der Waals surface area contributed by atoms with E-state index in [1.807, 2.05) is 0 Å². The number of carbonyl (C=O) groups is 1. The van der Waals surface area contributed by atoms with Gasteiger partial charge in [-0.2, -0.15) is 0 Å². The number of aromatic nitrogens is 1. The SMILES string of the molecule is O=C(NCCN1CCCCC1)c1cncc(C#CCO)c1. The summed E-state index contributed by atoms with van der Waals surface area (Å²) in [6, 6.07) is 1.69. The second kappa shape index (κ2) is 8.40. The average molecular weight is 287 g/mol. The number of carbonyl (C=O) groups excluding carboxylic acids is 1. The fourth-order valence-corrected chi connectivity index (χ4v) is 2.39. The maximum Gasteiger partial charge on any atom is 0.252 e. The third-order valence-corrected chi connectivity index (χ3v) is 3.47. The third-order valence-electron chi connectivity index (χ3n) is 3.47. The van der Waals surface area contributed by atoms with Crippen LogP contribution in [0, 0.1) is 11.8 Å². The molecule has 1 aliphatic rings. The summed E-state index contributed by atoms with van der Waals surface area (Å²) in [7, 11) is 0. The highest BCUT2D eigenvalue weighted by molar-refractivity contribution is 5.94. The molecule has 112 valence electrons. The molecule has 0 atom stereocenters. The maximum absolute atomic E-state index is 12.0. The van der Waals surface area contributed by atoms with Crippen LogP contribution in [0.3, 0.4) is 0 Å². The average Bonchev–Trinajstić information content (AvgIpc) is 2.54. The second-order valence-corrected chi connectivity index (χ2v) is 5.08. The molecule has 1 aromatic rings. The Balaban J connectivity index is 1.82. The minimum atomic E-state index is -0.202. The van der Waals surface area contributed by atoms with E-state index in [-0.39, 0.29) is 12.5 Å². The number of likely N-dealkylation sites (tertiary alicyclic amines) is 1. The molecule has 21 heavy (non-hydrogen) atoms. The van der Waals surface area contributed by atoms with Crippen LogP contribution in [0.1, 0.15) is 35.2 Å². The van der Waals surface area contributed by atoms with Gasteiger partial charge >= 0.3 is 0 Å². The Morgan fingerprint density at radius 2 is 2.14 bits per heavy atom. The predicted molar refractivity (Wildman–Crippen MR) is 80.8 cm³/mol. The van der Waals surface area contributed by atoms with Gasteiger partial charge in [0.1, 0.15) is 6.61 Å². The molecule has 5 heteroatoms. The predicted octanol–water partition coefficient (Wildman–Crippen LogP) is 0.641. The van der Waals surface area contributed by atoms with Gasteiger partial charge in [0.15, 0.2) is 0 Å². The van der Waals surface area contributed by atoms with Crippen LogP contribution >= 0.6 is 0 Å². The summed E-state index contributed by atoms with van der Waals surface area (Å²) in [6.07, 6.45) is 6.93. The van der Waals surface area contributed by atoms with Crippen molar-refractivity contribution in [1.29, 1.82) is 0 Å². The lowest BCUT2D eigenvalue weighted by Crippen LogP contribution is -2.37. The number of aliphatic hydroxyl groups excluding tert-OH is 1. The summed E-state index contributed by atoms with van der Waals surface area (Å²) in [5, 5.41) is 11.6. The quantitative estimate of drug-likeness (QED) is 0.798. The molecule has 1 amide bonds. The van der Waals surface area contributed by atoms with Crippen molar-refractivity contribution in [2.75, 3.05) is 32.8 Å². The molecular formula is C16H21N3O2. The highest BCUT2D eigenvalue weighted by Gasteiger charge is 2.11. The van der Waals surface area contributed by atoms with Gasteiger partial charge in [0.25, 0.3) is 5.91 Å². The summed E-state index contributed by atoms with van der Waals surface area (Å²) in [6.45, 7) is 3.59. The van der Waals surface area contributed by atoms with Gasteiger partial charge in [-0.3, -0.25) is 9.78 Å². The maximum atomic E-state index is 12.0. The Bertz CT molecular complexity index is 528. The zero-order valence-electron chi connectivity index (χ0n) is 12.1. The van der Waals surface area contributed by atoms with E-state index in [1.165, 1.54) is 25.5 Å². The Kier molecular flexibility index (Phi) is 6.20. The topological polar surface area (TPSA) is 65.5 Å². The molecule has 2 heterocycles. The molecule has 2 rings (SSSR count). The van der Waals surface area contributed by atoms with Crippen LogP contribution in [-0.2, 0) is 0 Å². The summed E-state index contributed by atoms with van der Waals surface area (Å²) < 4.78 is 0. The molecule has 5 nitrogen and oxygen atoms in total. The molecule has 0 saturated carbocycles. The smallest absolute Gasteiger partial charge is 0.252 e. The Morgan fingerprint density at radius 1 is 1.33 bits per heavy atom. The van der Waals surface area contributed by atoms with Crippen LogP contribution in [-0.4, -0.2) is 53.7 Å². The molecule has 0 aliphatic carbocycles. The molecule has 0 bridgehead atoms. The van der Waals surface area contributed by atoms with Crippen molar-refractivity contribution in [1.82, 2.24) is 15.2 Å². The minimum absolute atomic E-state index is 0.132. The van der Waals surface area contributed by atoms with Crippen LogP contribution in [0.2, 0.25) is 0 Å². The number of nitrogens with zero attached hydrogens (tertiary/aromatic N) is 2. The molecule has 1 fully saturated rings. The molecule has 0 aromatic carbocycles. The first kappa shape index (κ1) is 15.5. The van der Waals surface area contributed by atoms with Crippen molar-refractivity contribution in [2.24, 2.45) is 0 Å². The number of hydrogen-bond donors (Lipinski definition) is 2. The lowest BCUT2D eigenvalue weighted by Gasteiger charge is -2.26. The first-order chi connectivity index (χ1) is 10.3. The number of aliphatic hydroxyl groups is 1. The van der Waals surface area contributed by atoms with Crippen LogP contribution in [0.15, 0.2) is 18.5 Å². The Morgan fingerprint density at radius 3 is 2.90 bits per heavy atom. The van der Waals surface area contributed by atoms with Gasteiger partial charge in [0.2, 0.25) is 0 Å². The van der Waals surface area contributed by atoms with Crippen molar-refractivity contribution in [3.05, 3.63) is 29.6 Å². The highest BCUT2D eigenvalue weighted by atomic mass is 16.2. The molecule has 1 aliphatic heterocycles. The molecule has 0 spiro atoms. The normalized spacial score (nSPS) is 15.1. The largest absolute Gasteiger partial charge is 0.384 e. The van der Waals surface area contributed by atoms with Gasteiger partial charge in [-0.05, 0) is 32.0 Å². The first-order valence-corrected chi connectivity index (χ1v) is 7.35. The van der Waals surface area contributed by atoms with Crippen LogP contribution in [0.5, 0.6) is 0 Å². The van der Waals surface area contributed by atoms with E-state index in [2.05, 4.69) is 27.0 Å². The van der Waals surface area contributed by atoms with Crippen LogP contribution in [0.25, 0.3) is 0 Å². The van der Waals surface area contributed by atoms with Gasteiger partial charge < -0.3 is 15.3 Å². The van der Waals surface area contributed by atoms with Crippen molar-refractivity contribution in [2.45, 2.75) is 19.3 Å². The first-order valence-electron chi connectivity index (χ1n) is 7.35. The van der Waals surface area contributed by atoms with Crippen molar-refractivity contribution in [3.8, 4) is 11.8 Å². The molecule has 1 aromatic heterocycles. The van der Waals surface area contributed by atoms with Crippen LogP contribution < -0.4 is 5.32 Å². The van der Waals surface area contributed by atoms with E-state index >= 15 is 0 Å². The molecular weight excluding hydrogens is 266 g/mol. The number of hydrogen-bond acceptors (Lipinski definition) is 4. The van der Waals surface area contributed by atoms with Crippen LogP contribution in [0.4, 0.5) is 0 Å². The lowest BCUT2D eigenvalue weighted by atomic mass is 10.1. The zero-order valence-corrected chi connectivity index (χ0v) is 12.1. The Labute approximate surface area is 125 Å². The van der Waals surface area contributed by atoms with Gasteiger partial charge in [-0.1, -0.05) is 18.3 Å². The van der Waals surface area contributed by atoms with Gasteiger partial charge in [-0.15, -0.1) is 0 Å². The fourth-order valence-electron chi connectivity index (χ4n) is 2.39. The van der Waals surface area contributed by atoms with E-state index in [4.69, 9.17) is 5.11 Å². The number of nitrogens with one attached hydrogen (secondary N) is 1. The number of amides is 1. The summed E-state index contributed by atoms with van der Waals surface area (Å²) in [4.78, 5) is 18.4. The number of pyridine rings is 1. The van der Waals surface area contributed by atoms with E-state index in [0.717, 1.165) is 19.6 Å². The number of piperidine rings is 1. The molecule has 0 radical (unpaired) electrons. The van der Waals surface area contributed by atoms with Gasteiger partial charge in [0, 0.05) is 31.0 Å². The standard InChI is InChI=1S/C16H21N3O2/c20-10-4-5-14-11-15(13-17-12-14)16(21)18-6-9-19-7-2-1-3-8-19/h11-13,20H,1-3,6-10H2,(H,18,21). The van der Waals surface area contributed by atoms with E-state index in [0.29, 0.717) is 17.7 Å². The van der Waals surface area contributed by atoms with E-state index in [9.17, 15) is 4.79 Å². The summed E-state index contributed by atoms with van der Waals surface area (Å²) in [5.41, 5.74) is 1.13. The van der Waals surface area contributed by atoms with Gasteiger partial charge in [-0.25, -0.2) is 0 Å². The minimum Gasteiger partial charge on any atom is -0.384 e. The fraction of sp³-hybridized carbons (Fsp3) is 0.500. The van der Waals surface area contributed by atoms with Crippen molar-refractivity contribution < 1.29 is 9.90 Å². The summed E-state index contributed by atoms with van der Waals surface area (Å²) in [5.74, 6) is 5.16. The highest BCUT2D eigenvalue weighted by Crippen LogP contribution is 2.07. The molecule has 0 unspecified atom stereocenters. The van der Waals surface area contributed by atoms with E-state index < -0.39 is 0 Å². The van der Waals surface area contributed by atoms with E-state index in [1.54, 1.807) is 12.3 Å². The number of rotatable bonds is 4. The third kappa shape index (κ3) is 5.18. The zero-order chi connectivity index (χ0) is 14.9. The monoisotopic (exact) mass is 287 g/mol. The summed E-state index contributed by atoms with van der Waals surface area (Å²) >= 11 is 0. The lowest BCUT2D eigenvalue weighted by molar-refractivity contribution is 0.0946. The van der Waals surface area contributed by atoms with Gasteiger partial charge in [0.05, 0.1) is 5.56 Å².